The molecule has 2 rings (SSSR count). The van der Waals surface area contributed by atoms with E-state index in [1.165, 1.54) is 6.21 Å². The molecule has 0 saturated carbocycles. The Bertz CT molecular complexity index is 679. The number of carbonyl (C=O) groups excluding carboxylic acids is 1. The standard InChI is InChI=1S/C14H15N5O3/c1-4-22-11-6-5-10(7-12(11)21-3)8-15-18-13-9(2)17-19-14(20)16-13/h5-8H,2,4H2,1,3H3,(H,16,18,20)/b15-8+. The predicted octanol–water partition coefficient (Wildman–Crippen LogP) is 2.52. The van der Waals surface area contributed by atoms with Crippen LogP contribution in [0.1, 0.15) is 12.5 Å². The van der Waals surface area contributed by atoms with Gasteiger partial charge in [0.2, 0.25) is 0 Å². The molecule has 2 amide bonds. The number of nitrogens with one attached hydrogen (secondary N) is 1. The van der Waals surface area contributed by atoms with Crippen LogP contribution in [-0.2, 0) is 0 Å². The maximum absolute atomic E-state index is 11.1. The molecule has 22 heavy (non-hydrogen) atoms. The van der Waals surface area contributed by atoms with Crippen LogP contribution in [0, 0.1) is 0 Å². The highest BCUT2D eigenvalue weighted by molar-refractivity contribution is 6.08. The van der Waals surface area contributed by atoms with Gasteiger partial charge in [0.05, 0.1) is 19.9 Å². The molecule has 0 radical (unpaired) electrons. The fourth-order valence-corrected chi connectivity index (χ4v) is 1.63. The molecule has 8 heteroatoms. The van der Waals surface area contributed by atoms with Gasteiger partial charge in [0, 0.05) is 0 Å². The van der Waals surface area contributed by atoms with Gasteiger partial charge in [-0.3, -0.25) is 5.32 Å². The molecule has 0 atom stereocenters. The molecule has 1 heterocycles. The van der Waals surface area contributed by atoms with Crippen molar-refractivity contribution in [1.82, 2.24) is 5.32 Å². The summed E-state index contributed by atoms with van der Waals surface area (Å²) in [6, 6.07) is 4.75. The molecule has 1 aliphatic rings. The second-order valence-corrected chi connectivity index (χ2v) is 4.11. The van der Waals surface area contributed by atoms with Gasteiger partial charge in [-0.2, -0.15) is 5.10 Å². The average molecular weight is 301 g/mol. The van der Waals surface area contributed by atoms with E-state index in [1.54, 1.807) is 19.2 Å². The number of rotatable bonds is 5. The fraction of sp³-hybridized carbons (Fsp3) is 0.214. The van der Waals surface area contributed by atoms with Gasteiger partial charge in [-0.05, 0) is 30.7 Å². The van der Waals surface area contributed by atoms with Crippen molar-refractivity contribution in [1.29, 1.82) is 0 Å². The Labute approximate surface area is 127 Å². The van der Waals surface area contributed by atoms with Crippen LogP contribution < -0.4 is 14.8 Å². The summed E-state index contributed by atoms with van der Waals surface area (Å²) in [5.74, 6) is 1.42. The second-order valence-electron chi connectivity index (χ2n) is 4.11. The number of ether oxygens (including phenoxy) is 2. The Hall–Kier alpha value is -3.03. The first-order valence-electron chi connectivity index (χ1n) is 6.48. The number of methoxy groups -OCH3 is 1. The van der Waals surface area contributed by atoms with E-state index >= 15 is 0 Å². The first-order valence-corrected chi connectivity index (χ1v) is 6.48. The Morgan fingerprint density at radius 3 is 2.91 bits per heavy atom. The maximum atomic E-state index is 11.1. The zero-order valence-corrected chi connectivity index (χ0v) is 12.2. The van der Waals surface area contributed by atoms with Crippen LogP contribution in [0.2, 0.25) is 0 Å². The van der Waals surface area contributed by atoms with Gasteiger partial charge in [0.15, 0.2) is 17.3 Å². The Kier molecular flexibility index (Phi) is 4.97. The van der Waals surface area contributed by atoms with Gasteiger partial charge in [-0.1, -0.05) is 11.7 Å². The molecule has 0 fully saturated rings. The zero-order chi connectivity index (χ0) is 15.9. The largest absolute Gasteiger partial charge is 0.493 e. The number of hydrogen-bond donors (Lipinski definition) is 1. The predicted molar refractivity (Wildman–Crippen MR) is 81.7 cm³/mol. The smallest absolute Gasteiger partial charge is 0.365 e. The summed E-state index contributed by atoms with van der Waals surface area (Å²) in [4.78, 5) is 11.1. The Balaban J connectivity index is 2.15. The van der Waals surface area contributed by atoms with E-state index in [2.05, 4.69) is 32.3 Å². The summed E-state index contributed by atoms with van der Waals surface area (Å²) in [5.41, 5.74) is 1.00. The van der Waals surface area contributed by atoms with E-state index < -0.39 is 6.03 Å². The van der Waals surface area contributed by atoms with Crippen molar-refractivity contribution in [3.8, 4) is 11.5 Å². The first kappa shape index (κ1) is 15.4. The lowest BCUT2D eigenvalue weighted by Gasteiger charge is -2.09. The highest BCUT2D eigenvalue weighted by Gasteiger charge is 2.14. The topological polar surface area (TPSA) is 97.0 Å². The van der Waals surface area contributed by atoms with E-state index in [0.717, 1.165) is 5.56 Å². The summed E-state index contributed by atoms with van der Waals surface area (Å²) in [5, 5.41) is 17.0. The second kappa shape index (κ2) is 7.11. The molecule has 0 bridgehead atoms. The lowest BCUT2D eigenvalue weighted by Crippen LogP contribution is -2.31. The van der Waals surface area contributed by atoms with Gasteiger partial charge in [-0.25, -0.2) is 4.79 Å². The van der Waals surface area contributed by atoms with Crippen LogP contribution in [0.4, 0.5) is 4.79 Å². The molecule has 114 valence electrons. The molecular formula is C14H15N5O3. The summed E-state index contributed by atoms with van der Waals surface area (Å²) >= 11 is 0. The van der Waals surface area contributed by atoms with Gasteiger partial charge < -0.3 is 9.47 Å². The number of carbonyl (C=O) groups is 1. The summed E-state index contributed by atoms with van der Waals surface area (Å²) in [6.07, 6.45) is 1.51. The zero-order valence-electron chi connectivity index (χ0n) is 12.2. The minimum Gasteiger partial charge on any atom is -0.493 e. The molecule has 1 aromatic rings. The third-order valence-corrected chi connectivity index (χ3v) is 2.61. The third kappa shape index (κ3) is 3.75. The first-order chi connectivity index (χ1) is 10.6. The number of amides is 2. The van der Waals surface area contributed by atoms with E-state index in [9.17, 15) is 4.79 Å². The van der Waals surface area contributed by atoms with Gasteiger partial charge in [0.25, 0.3) is 0 Å². The summed E-state index contributed by atoms with van der Waals surface area (Å²) < 4.78 is 10.7. The van der Waals surface area contributed by atoms with Gasteiger partial charge in [0.1, 0.15) is 5.70 Å². The lowest BCUT2D eigenvalue weighted by atomic mass is 10.2. The number of nitrogens with zero attached hydrogens (tertiary/aromatic N) is 4. The number of azo groups is 1. The number of benzene rings is 1. The molecule has 1 N–H and O–H groups in total. The van der Waals surface area contributed by atoms with Crippen LogP contribution in [0.25, 0.3) is 0 Å². The summed E-state index contributed by atoms with van der Waals surface area (Å²) in [6.45, 7) is 6.04. The summed E-state index contributed by atoms with van der Waals surface area (Å²) in [7, 11) is 1.56. The van der Waals surface area contributed by atoms with E-state index in [1.807, 2.05) is 13.0 Å². The van der Waals surface area contributed by atoms with Crippen molar-refractivity contribution in [3.63, 3.8) is 0 Å². The van der Waals surface area contributed by atoms with Crippen LogP contribution in [0.5, 0.6) is 11.5 Å². The molecule has 1 aromatic carbocycles. The average Bonchev–Trinajstić information content (AvgIpc) is 2.52. The molecule has 0 unspecified atom stereocenters. The Morgan fingerprint density at radius 1 is 1.36 bits per heavy atom. The number of urea groups is 1. The number of hydrogen-bond acceptors (Lipinski definition) is 6. The molecule has 0 spiro atoms. The molecule has 8 nitrogen and oxygen atoms in total. The quantitative estimate of drug-likeness (QED) is 0.668. The van der Waals surface area contributed by atoms with Gasteiger partial charge in [-0.15, -0.1) is 10.2 Å². The molecule has 0 saturated heterocycles. The van der Waals surface area contributed by atoms with Crippen LogP contribution in [-0.4, -0.2) is 31.8 Å². The molecule has 1 aliphatic heterocycles. The van der Waals surface area contributed by atoms with Crippen molar-refractivity contribution >= 4 is 18.1 Å². The monoisotopic (exact) mass is 301 g/mol. The highest BCUT2D eigenvalue weighted by atomic mass is 16.5. The Morgan fingerprint density at radius 2 is 2.18 bits per heavy atom. The van der Waals surface area contributed by atoms with Crippen molar-refractivity contribution in [2.24, 2.45) is 20.4 Å². The van der Waals surface area contributed by atoms with Crippen LogP contribution in [0.15, 0.2) is 50.9 Å². The van der Waals surface area contributed by atoms with Crippen LogP contribution >= 0.6 is 0 Å². The van der Waals surface area contributed by atoms with E-state index in [4.69, 9.17) is 9.47 Å². The highest BCUT2D eigenvalue weighted by Crippen LogP contribution is 2.27. The van der Waals surface area contributed by atoms with Gasteiger partial charge >= 0.3 is 6.03 Å². The molecule has 0 aromatic heterocycles. The lowest BCUT2D eigenvalue weighted by molar-refractivity contribution is 0.251. The molecular weight excluding hydrogens is 286 g/mol. The maximum Gasteiger partial charge on any atom is 0.365 e. The van der Waals surface area contributed by atoms with Crippen molar-refractivity contribution in [3.05, 3.63) is 36.0 Å². The van der Waals surface area contributed by atoms with E-state index in [-0.39, 0.29) is 11.5 Å². The molecule has 0 aliphatic carbocycles. The van der Waals surface area contributed by atoms with Crippen molar-refractivity contribution in [2.45, 2.75) is 6.92 Å². The van der Waals surface area contributed by atoms with E-state index in [0.29, 0.717) is 18.1 Å². The fourth-order valence-electron chi connectivity index (χ4n) is 1.63. The SMILES string of the molecule is C=C1N=NC(=O)N/C1=N/N=C/c1ccc(OCC)c(OC)c1. The number of amidine groups is 1. The van der Waals surface area contributed by atoms with Crippen molar-refractivity contribution in [2.75, 3.05) is 13.7 Å². The third-order valence-electron chi connectivity index (χ3n) is 2.61. The van der Waals surface area contributed by atoms with Crippen molar-refractivity contribution < 1.29 is 14.3 Å². The normalized spacial score (nSPS) is 16.2. The minimum atomic E-state index is -0.607. The van der Waals surface area contributed by atoms with Crippen LogP contribution in [0.3, 0.4) is 0 Å². The minimum absolute atomic E-state index is 0.161.